The molecule has 268 valence electrons. The first kappa shape index (κ1) is 34.3. The Bertz CT molecular complexity index is 1540. The highest BCUT2D eigenvalue weighted by Crippen LogP contribution is 2.45. The van der Waals surface area contributed by atoms with Gasteiger partial charge in [-0.3, -0.25) is 0 Å². The normalized spacial score (nSPS) is 37.1. The van der Waals surface area contributed by atoms with Crippen molar-refractivity contribution in [3.05, 3.63) is 108 Å². The highest BCUT2D eigenvalue weighted by atomic mass is 16.9. The molecule has 11 nitrogen and oxygen atoms in total. The standard InChI is InChI=1S/C39H46O11/c1-38(2)47-30-28(45-37-34(32(30)48-38)49-39(3,4)50-37)23-43-36-33(41-21-25-16-10-6-11-17-25)31(40-20-24-14-8-5-9-15-24)29-27(44-36)22-42-35(46-29)26-18-12-7-13-19-26/h5-19,27-37H,20-23H2,1-4H3/t27-,28-,29+,30+,31+,32+,33-,34-,35+,36-,37-/m1/s1. The van der Waals surface area contributed by atoms with Crippen LogP contribution < -0.4 is 0 Å². The van der Waals surface area contributed by atoms with Crippen LogP contribution in [0.3, 0.4) is 0 Å². The summed E-state index contributed by atoms with van der Waals surface area (Å²) in [7, 11) is 0. The van der Waals surface area contributed by atoms with Gasteiger partial charge in [0.25, 0.3) is 0 Å². The van der Waals surface area contributed by atoms with Gasteiger partial charge in [-0.05, 0) is 38.8 Å². The SMILES string of the molecule is CC1(C)O[C@H]2[C@@H](O1)[C@@H](CO[C@@H]1O[C@@H]3CO[C@H](c4ccccc4)O[C@@H]3[C@H](OCc3ccccc3)[C@H]1OCc1ccccc1)O[C@@H]1OC(C)(C)O[C@@H]12. The third kappa shape index (κ3) is 7.41. The lowest BCUT2D eigenvalue weighted by Gasteiger charge is -2.49. The molecule has 5 saturated heterocycles. The number of ether oxygens (including phenoxy) is 11. The van der Waals surface area contributed by atoms with Crippen LogP contribution in [0.2, 0.25) is 0 Å². The summed E-state index contributed by atoms with van der Waals surface area (Å²) in [5, 5.41) is 0. The van der Waals surface area contributed by atoms with Crippen molar-refractivity contribution in [3.8, 4) is 0 Å². The monoisotopic (exact) mass is 690 g/mol. The minimum atomic E-state index is -0.853. The van der Waals surface area contributed by atoms with Crippen LogP contribution in [0.4, 0.5) is 0 Å². The van der Waals surface area contributed by atoms with Crippen LogP contribution in [0.5, 0.6) is 0 Å². The van der Waals surface area contributed by atoms with Crippen molar-refractivity contribution in [1.82, 2.24) is 0 Å². The van der Waals surface area contributed by atoms with Crippen LogP contribution in [0.1, 0.15) is 50.7 Å². The van der Waals surface area contributed by atoms with Gasteiger partial charge in [-0.2, -0.15) is 0 Å². The van der Waals surface area contributed by atoms with Crippen molar-refractivity contribution in [2.24, 2.45) is 0 Å². The van der Waals surface area contributed by atoms with Crippen LogP contribution in [0.15, 0.2) is 91.0 Å². The Labute approximate surface area is 292 Å². The maximum atomic E-state index is 6.74. The van der Waals surface area contributed by atoms with Crippen LogP contribution in [0.25, 0.3) is 0 Å². The molecule has 0 aliphatic carbocycles. The van der Waals surface area contributed by atoms with Crippen molar-refractivity contribution >= 4 is 0 Å². The van der Waals surface area contributed by atoms with E-state index < -0.39 is 79.3 Å². The molecule has 11 heteroatoms. The summed E-state index contributed by atoms with van der Waals surface area (Å²) in [6, 6.07) is 29.9. The number of benzene rings is 3. The Hall–Kier alpha value is -2.78. The first-order chi connectivity index (χ1) is 24.2. The molecule has 0 bridgehead atoms. The van der Waals surface area contributed by atoms with Crippen LogP contribution in [0, 0.1) is 0 Å². The van der Waals surface area contributed by atoms with E-state index >= 15 is 0 Å². The smallest absolute Gasteiger partial charge is 0.190 e. The Morgan fingerprint density at radius 2 is 1.16 bits per heavy atom. The van der Waals surface area contributed by atoms with Crippen LogP contribution in [-0.2, 0) is 65.3 Å². The topological polar surface area (TPSA) is 102 Å². The fourth-order valence-electron chi connectivity index (χ4n) is 7.38. The van der Waals surface area contributed by atoms with Crippen LogP contribution >= 0.6 is 0 Å². The molecule has 0 saturated carbocycles. The van der Waals surface area contributed by atoms with E-state index in [4.69, 9.17) is 52.1 Å². The molecular formula is C39H46O11. The lowest BCUT2D eigenvalue weighted by atomic mass is 9.96. The van der Waals surface area contributed by atoms with E-state index in [2.05, 4.69) is 0 Å². The highest BCUT2D eigenvalue weighted by Gasteiger charge is 2.61. The van der Waals surface area contributed by atoms with Crippen molar-refractivity contribution in [1.29, 1.82) is 0 Å². The van der Waals surface area contributed by atoms with E-state index in [-0.39, 0.29) is 13.2 Å². The quantitative estimate of drug-likeness (QED) is 0.273. The molecule has 5 aliphatic heterocycles. The molecule has 5 fully saturated rings. The van der Waals surface area contributed by atoms with Gasteiger partial charge in [-0.1, -0.05) is 91.0 Å². The zero-order valence-corrected chi connectivity index (χ0v) is 28.8. The largest absolute Gasteiger partial charge is 0.368 e. The fourth-order valence-corrected chi connectivity index (χ4v) is 7.38. The van der Waals surface area contributed by atoms with Crippen molar-refractivity contribution in [3.63, 3.8) is 0 Å². The summed E-state index contributed by atoms with van der Waals surface area (Å²) in [5.41, 5.74) is 2.95. The first-order valence-corrected chi connectivity index (χ1v) is 17.5. The van der Waals surface area contributed by atoms with E-state index in [0.717, 1.165) is 16.7 Å². The van der Waals surface area contributed by atoms with Crippen molar-refractivity contribution < 1.29 is 52.1 Å². The molecule has 8 rings (SSSR count). The Kier molecular flexibility index (Phi) is 9.83. The van der Waals surface area contributed by atoms with Gasteiger partial charge in [0.1, 0.15) is 48.8 Å². The zero-order valence-electron chi connectivity index (χ0n) is 28.8. The molecule has 3 aromatic rings. The van der Waals surface area contributed by atoms with Gasteiger partial charge in [-0.15, -0.1) is 0 Å². The summed E-state index contributed by atoms with van der Waals surface area (Å²) in [4.78, 5) is 0. The number of rotatable bonds is 10. The highest BCUT2D eigenvalue weighted by molar-refractivity contribution is 5.18. The van der Waals surface area contributed by atoms with E-state index in [1.54, 1.807) is 0 Å². The molecule has 0 spiro atoms. The van der Waals surface area contributed by atoms with Gasteiger partial charge >= 0.3 is 0 Å². The Balaban J connectivity index is 1.06. The van der Waals surface area contributed by atoms with Gasteiger partial charge in [0.15, 0.2) is 30.4 Å². The molecule has 11 atom stereocenters. The second-order valence-corrected chi connectivity index (χ2v) is 14.3. The third-order valence-corrected chi connectivity index (χ3v) is 9.60. The van der Waals surface area contributed by atoms with Gasteiger partial charge in [0, 0.05) is 5.56 Å². The molecule has 0 N–H and O–H groups in total. The Morgan fingerprint density at radius 1 is 0.580 bits per heavy atom. The van der Waals surface area contributed by atoms with E-state index in [0.29, 0.717) is 13.2 Å². The van der Waals surface area contributed by atoms with E-state index in [9.17, 15) is 0 Å². The molecule has 3 aromatic carbocycles. The molecule has 0 unspecified atom stereocenters. The summed E-state index contributed by atoms with van der Waals surface area (Å²) in [5.74, 6) is -1.66. The van der Waals surface area contributed by atoms with E-state index in [1.807, 2.05) is 119 Å². The number of fused-ring (bicyclic) bond motifs is 4. The first-order valence-electron chi connectivity index (χ1n) is 17.5. The number of hydrogen-bond donors (Lipinski definition) is 0. The minimum absolute atomic E-state index is 0.112. The fraction of sp³-hybridized carbons (Fsp3) is 0.538. The third-order valence-electron chi connectivity index (χ3n) is 9.60. The molecule has 0 aromatic heterocycles. The molecule has 0 radical (unpaired) electrons. The lowest BCUT2D eigenvalue weighted by molar-refractivity contribution is -0.376. The molecule has 5 aliphatic rings. The average Bonchev–Trinajstić information content (AvgIpc) is 3.63. The van der Waals surface area contributed by atoms with Gasteiger partial charge < -0.3 is 52.1 Å². The second kappa shape index (κ2) is 14.3. The maximum absolute atomic E-state index is 6.74. The molecule has 5 heterocycles. The summed E-state index contributed by atoms with van der Waals surface area (Å²) < 4.78 is 71.1. The predicted molar refractivity (Wildman–Crippen MR) is 177 cm³/mol. The lowest BCUT2D eigenvalue weighted by Crippen LogP contribution is -2.64. The maximum Gasteiger partial charge on any atom is 0.190 e. The zero-order chi connectivity index (χ0) is 34.3. The predicted octanol–water partition coefficient (Wildman–Crippen LogP) is 5.41. The summed E-state index contributed by atoms with van der Waals surface area (Å²) in [6.45, 7) is 8.55. The summed E-state index contributed by atoms with van der Waals surface area (Å²) >= 11 is 0. The average molecular weight is 691 g/mol. The summed E-state index contributed by atoms with van der Waals surface area (Å²) in [6.07, 6.45) is -6.16. The minimum Gasteiger partial charge on any atom is -0.368 e. The van der Waals surface area contributed by atoms with E-state index in [1.165, 1.54) is 0 Å². The van der Waals surface area contributed by atoms with Crippen molar-refractivity contribution in [2.75, 3.05) is 13.2 Å². The van der Waals surface area contributed by atoms with Gasteiger partial charge in [0.05, 0.1) is 26.4 Å². The molecule has 50 heavy (non-hydrogen) atoms. The van der Waals surface area contributed by atoms with Gasteiger partial charge in [0.2, 0.25) is 0 Å². The molecular weight excluding hydrogens is 644 g/mol. The van der Waals surface area contributed by atoms with Crippen molar-refractivity contribution in [2.45, 2.75) is 120 Å². The van der Waals surface area contributed by atoms with Crippen LogP contribution in [-0.4, -0.2) is 86.2 Å². The molecule has 0 amide bonds. The second-order valence-electron chi connectivity index (χ2n) is 14.3. The Morgan fingerprint density at radius 3 is 1.84 bits per heavy atom. The van der Waals surface area contributed by atoms with Gasteiger partial charge in [-0.25, -0.2) is 0 Å². The number of hydrogen-bond acceptors (Lipinski definition) is 11.